The fourth-order valence-corrected chi connectivity index (χ4v) is 3.10. The summed E-state index contributed by atoms with van der Waals surface area (Å²) in [6.45, 7) is 0. The molecule has 0 saturated carbocycles. The summed E-state index contributed by atoms with van der Waals surface area (Å²) in [4.78, 5) is 11.2. The monoisotopic (exact) mass is 460 g/mol. The predicted molar refractivity (Wildman–Crippen MR) is 60.4 cm³/mol. The van der Waals surface area contributed by atoms with Crippen LogP contribution in [-0.2, 0) is 9.53 Å². The number of aliphatic hydroxyl groups excluding tert-OH is 1. The second-order valence-electron chi connectivity index (χ2n) is 2.61. The lowest BCUT2D eigenvalue weighted by Gasteiger charge is -2.34. The predicted octanol–water partition coefficient (Wildman–Crippen LogP) is 0.515. The molecule has 0 bridgehead atoms. The lowest BCUT2D eigenvalue weighted by Crippen LogP contribution is -2.56. The molecular formula is C5H4Br4O5. The van der Waals surface area contributed by atoms with Crippen molar-refractivity contribution in [2.75, 3.05) is 0 Å². The van der Waals surface area contributed by atoms with Gasteiger partial charge in [0, 0.05) is 0 Å². The Morgan fingerprint density at radius 2 is 1.71 bits per heavy atom. The zero-order valence-corrected chi connectivity index (χ0v) is 12.6. The summed E-state index contributed by atoms with van der Waals surface area (Å²) in [6.07, 6.45) is 0. The minimum atomic E-state index is -2.35. The van der Waals surface area contributed by atoms with Gasteiger partial charge >= 0.3 is 5.97 Å². The molecular weight excluding hydrogens is 460 g/mol. The molecule has 82 valence electrons. The average molecular weight is 464 g/mol. The van der Waals surface area contributed by atoms with Gasteiger partial charge in [-0.3, -0.25) is 0 Å². The second kappa shape index (κ2) is 3.64. The minimum Gasteiger partial charge on any atom is -0.436 e. The first kappa shape index (κ1) is 13.3. The molecule has 4 atom stereocenters. The molecule has 9 heteroatoms. The molecule has 5 nitrogen and oxygen atoms in total. The van der Waals surface area contributed by atoms with Crippen LogP contribution in [-0.4, -0.2) is 39.8 Å². The summed E-state index contributed by atoms with van der Waals surface area (Å²) < 4.78 is -1.84. The van der Waals surface area contributed by atoms with Crippen molar-refractivity contribution < 1.29 is 24.9 Å². The number of hydrogen-bond donors (Lipinski definition) is 3. The molecule has 1 heterocycles. The van der Waals surface area contributed by atoms with Crippen molar-refractivity contribution >= 4 is 69.7 Å². The maximum Gasteiger partial charge on any atom is 0.355 e. The van der Waals surface area contributed by atoms with E-state index in [4.69, 9.17) is 0 Å². The lowest BCUT2D eigenvalue weighted by molar-refractivity contribution is -0.151. The molecule has 0 aromatic heterocycles. The SMILES string of the molecule is O=C1O[C@](Br)(C(O)Br)[C@@](O)(Br)[C@]1(O)Br. The maximum absolute atomic E-state index is 11.2. The average Bonchev–Trinajstić information content (AvgIpc) is 2.12. The maximum atomic E-state index is 11.2. The van der Waals surface area contributed by atoms with E-state index >= 15 is 0 Å². The molecule has 0 amide bonds. The van der Waals surface area contributed by atoms with Gasteiger partial charge in [-0.15, -0.1) is 0 Å². The van der Waals surface area contributed by atoms with E-state index in [2.05, 4.69) is 68.5 Å². The first-order valence-electron chi connectivity index (χ1n) is 3.14. The van der Waals surface area contributed by atoms with E-state index in [1.807, 2.05) is 0 Å². The molecule has 1 fully saturated rings. The van der Waals surface area contributed by atoms with Crippen LogP contribution >= 0.6 is 63.7 Å². The standard InChI is InChI=1S/C5H4Br4O5/c6-1(10)4(8)5(9,13)3(7,12)2(11)14-4/h1,10,12-13H/t1?,3-,4+,5+/m0/s1. The normalized spacial score (nSPS) is 50.4. The molecule has 14 heavy (non-hydrogen) atoms. The van der Waals surface area contributed by atoms with E-state index < -0.39 is 24.5 Å². The fourth-order valence-electron chi connectivity index (χ4n) is 0.838. The van der Waals surface area contributed by atoms with Crippen molar-refractivity contribution in [3.05, 3.63) is 0 Å². The van der Waals surface area contributed by atoms with E-state index in [-0.39, 0.29) is 0 Å². The number of halogens is 4. The van der Waals surface area contributed by atoms with Crippen molar-refractivity contribution in [3.8, 4) is 0 Å². The van der Waals surface area contributed by atoms with Gasteiger partial charge in [-0.25, -0.2) is 4.79 Å². The quantitative estimate of drug-likeness (QED) is 0.390. The molecule has 0 aromatic rings. The molecule has 1 aliphatic heterocycles. The zero-order chi connectivity index (χ0) is 11.4. The van der Waals surface area contributed by atoms with E-state index in [0.29, 0.717) is 0 Å². The van der Waals surface area contributed by atoms with Crippen LogP contribution in [0, 0.1) is 0 Å². The second-order valence-corrected chi connectivity index (χ2v) is 6.96. The Hall–Kier alpha value is 1.27. The summed E-state index contributed by atoms with van der Waals surface area (Å²) in [5.74, 6) is -1.13. The Labute approximate surface area is 112 Å². The highest BCUT2D eigenvalue weighted by Crippen LogP contribution is 2.56. The Morgan fingerprint density at radius 3 is 1.86 bits per heavy atom. The topological polar surface area (TPSA) is 87.0 Å². The Balaban J connectivity index is 3.24. The number of carbonyl (C=O) groups excluding carboxylic acids is 1. The highest BCUT2D eigenvalue weighted by atomic mass is 79.9. The molecule has 1 aliphatic rings. The highest BCUT2D eigenvalue weighted by molar-refractivity contribution is 9.15. The summed E-state index contributed by atoms with van der Waals surface area (Å²) in [5.41, 5.74) is 0. The van der Waals surface area contributed by atoms with Crippen LogP contribution in [0.2, 0.25) is 0 Å². The largest absolute Gasteiger partial charge is 0.436 e. The van der Waals surface area contributed by atoms with Crippen LogP contribution in [0.5, 0.6) is 0 Å². The number of hydrogen-bond acceptors (Lipinski definition) is 5. The summed E-state index contributed by atoms with van der Waals surface area (Å²) >= 11 is 10.8. The van der Waals surface area contributed by atoms with Crippen LogP contribution in [0.4, 0.5) is 0 Å². The van der Waals surface area contributed by atoms with E-state index in [1.165, 1.54) is 0 Å². The van der Waals surface area contributed by atoms with Gasteiger partial charge in [-0.1, -0.05) is 15.9 Å². The van der Waals surface area contributed by atoms with Crippen molar-refractivity contribution in [1.82, 2.24) is 0 Å². The number of alkyl halides is 4. The molecule has 1 saturated heterocycles. The van der Waals surface area contributed by atoms with Gasteiger partial charge in [0.05, 0.1) is 0 Å². The Kier molecular flexibility index (Phi) is 3.47. The Morgan fingerprint density at radius 1 is 1.29 bits per heavy atom. The van der Waals surface area contributed by atoms with Crippen molar-refractivity contribution in [3.63, 3.8) is 0 Å². The van der Waals surface area contributed by atoms with Gasteiger partial charge in [-0.05, 0) is 47.8 Å². The molecule has 1 rings (SSSR count). The van der Waals surface area contributed by atoms with E-state index in [1.54, 1.807) is 0 Å². The lowest BCUT2D eigenvalue weighted by atomic mass is 10.1. The van der Waals surface area contributed by atoms with Gasteiger partial charge in [-0.2, -0.15) is 0 Å². The zero-order valence-electron chi connectivity index (χ0n) is 6.25. The molecule has 3 N–H and O–H groups in total. The van der Waals surface area contributed by atoms with Crippen LogP contribution in [0.1, 0.15) is 0 Å². The van der Waals surface area contributed by atoms with Gasteiger partial charge in [0.2, 0.25) is 9.02 Å². The molecule has 0 spiro atoms. The van der Waals surface area contributed by atoms with Gasteiger partial charge < -0.3 is 20.1 Å². The van der Waals surface area contributed by atoms with E-state index in [9.17, 15) is 20.1 Å². The van der Waals surface area contributed by atoms with Gasteiger partial charge in [0.25, 0.3) is 4.51 Å². The highest BCUT2D eigenvalue weighted by Gasteiger charge is 2.75. The summed E-state index contributed by atoms with van der Waals surface area (Å²) in [5, 5.41) is 27.2. The first-order valence-corrected chi connectivity index (χ1v) is 6.44. The molecule has 0 aliphatic carbocycles. The van der Waals surface area contributed by atoms with E-state index in [0.717, 1.165) is 0 Å². The number of rotatable bonds is 1. The van der Waals surface area contributed by atoms with Crippen molar-refractivity contribution in [2.45, 2.75) is 18.5 Å². The van der Waals surface area contributed by atoms with Crippen LogP contribution in [0.3, 0.4) is 0 Å². The third-order valence-corrected chi connectivity index (χ3v) is 7.26. The van der Waals surface area contributed by atoms with Crippen molar-refractivity contribution in [1.29, 1.82) is 0 Å². The van der Waals surface area contributed by atoms with Crippen LogP contribution in [0.15, 0.2) is 0 Å². The third-order valence-electron chi connectivity index (χ3n) is 1.71. The van der Waals surface area contributed by atoms with Crippen LogP contribution < -0.4 is 0 Å². The molecule has 0 radical (unpaired) electrons. The van der Waals surface area contributed by atoms with Gasteiger partial charge in [0.1, 0.15) is 0 Å². The first-order chi connectivity index (χ1) is 6.07. The Bertz CT molecular complexity index is 275. The van der Waals surface area contributed by atoms with Gasteiger partial charge in [0.15, 0.2) is 5.01 Å². The number of cyclic esters (lactones) is 1. The van der Waals surface area contributed by atoms with Crippen molar-refractivity contribution in [2.24, 2.45) is 0 Å². The molecule has 1 unspecified atom stereocenters. The number of carbonyl (C=O) groups is 1. The summed E-state index contributed by atoms with van der Waals surface area (Å²) in [7, 11) is 0. The number of aliphatic hydroxyl groups is 3. The fraction of sp³-hybridized carbons (Fsp3) is 0.800. The van der Waals surface area contributed by atoms with Crippen LogP contribution in [0.25, 0.3) is 0 Å². The molecule has 0 aromatic carbocycles. The number of esters is 1. The summed E-state index contributed by atoms with van der Waals surface area (Å²) in [6, 6.07) is 0. The third kappa shape index (κ3) is 1.52. The smallest absolute Gasteiger partial charge is 0.355 e. The minimum absolute atomic E-state index is 1.13. The number of ether oxygens (including phenoxy) is 1.